The number of hydrogen-bond donors (Lipinski definition) is 1. The first kappa shape index (κ1) is 12.7. The Kier molecular flexibility index (Phi) is 3.58. The van der Waals surface area contributed by atoms with Crippen LogP contribution >= 0.6 is 22.9 Å². The van der Waals surface area contributed by atoms with Gasteiger partial charge in [0.25, 0.3) is 0 Å². The first-order valence-corrected chi connectivity index (χ1v) is 7.65. The number of anilines is 1. The van der Waals surface area contributed by atoms with Crippen molar-refractivity contribution in [1.29, 1.82) is 0 Å². The number of rotatable bonds is 2. The van der Waals surface area contributed by atoms with Gasteiger partial charge in [0.15, 0.2) is 0 Å². The summed E-state index contributed by atoms with van der Waals surface area (Å²) in [6, 6.07) is 10.2. The third-order valence-corrected chi connectivity index (χ3v) is 4.75. The van der Waals surface area contributed by atoms with Gasteiger partial charge in [-0.15, -0.1) is 11.3 Å². The van der Waals surface area contributed by atoms with Gasteiger partial charge in [0, 0.05) is 27.6 Å². The summed E-state index contributed by atoms with van der Waals surface area (Å²) in [5.41, 5.74) is 3.23. The lowest BCUT2D eigenvalue weighted by Crippen LogP contribution is -2.03. The Hall–Kier alpha value is -1.32. The molecule has 0 spiro atoms. The number of halogens is 1. The van der Waals surface area contributed by atoms with Crippen LogP contribution in [0.4, 0.5) is 5.00 Å². The molecule has 19 heavy (non-hydrogen) atoms. The molecule has 0 aliphatic carbocycles. The number of benzene rings is 1. The fourth-order valence-corrected chi connectivity index (χ4v) is 3.48. The molecular weight excluding hydrogens is 276 g/mol. The van der Waals surface area contributed by atoms with E-state index in [4.69, 9.17) is 16.6 Å². The Labute approximate surface area is 122 Å². The number of hydrogen-bond acceptors (Lipinski definition) is 3. The minimum atomic E-state index is 0.762. The lowest BCUT2D eigenvalue weighted by Gasteiger charge is -2.07. The molecule has 2 aromatic rings. The summed E-state index contributed by atoms with van der Waals surface area (Å²) in [4.78, 5) is 6.09. The van der Waals surface area contributed by atoms with Gasteiger partial charge in [0.1, 0.15) is 0 Å². The smallest absolute Gasteiger partial charge is 0.0981 e. The number of fused-ring (bicyclic) bond motifs is 1. The van der Waals surface area contributed by atoms with E-state index in [9.17, 15) is 0 Å². The van der Waals surface area contributed by atoms with Crippen molar-refractivity contribution >= 4 is 33.7 Å². The van der Waals surface area contributed by atoms with Crippen molar-refractivity contribution in [3.63, 3.8) is 0 Å². The predicted octanol–water partition coefficient (Wildman–Crippen LogP) is 4.23. The number of aliphatic imine (C=N–C) groups is 1. The van der Waals surface area contributed by atoms with Crippen LogP contribution in [0, 0.1) is 0 Å². The maximum atomic E-state index is 6.32. The van der Waals surface area contributed by atoms with Crippen molar-refractivity contribution in [2.75, 3.05) is 18.4 Å². The Bertz CT molecular complexity index is 631. The fraction of sp³-hybridized carbons (Fsp3) is 0.267. The van der Waals surface area contributed by atoms with E-state index in [0.29, 0.717) is 0 Å². The van der Waals surface area contributed by atoms with Gasteiger partial charge in [-0.2, -0.15) is 0 Å². The fourth-order valence-electron chi connectivity index (χ4n) is 2.23. The third-order valence-electron chi connectivity index (χ3n) is 3.18. The zero-order valence-electron chi connectivity index (χ0n) is 10.7. The summed E-state index contributed by atoms with van der Waals surface area (Å²) in [5.74, 6) is 0. The molecule has 0 atom stereocenters. The monoisotopic (exact) mass is 290 g/mol. The molecule has 0 bridgehead atoms. The van der Waals surface area contributed by atoms with Crippen LogP contribution in [-0.4, -0.2) is 18.8 Å². The summed E-state index contributed by atoms with van der Waals surface area (Å²) < 4.78 is 0. The zero-order valence-corrected chi connectivity index (χ0v) is 12.3. The third kappa shape index (κ3) is 2.40. The highest BCUT2D eigenvalue weighted by Crippen LogP contribution is 2.33. The van der Waals surface area contributed by atoms with Crippen LogP contribution in [0.25, 0.3) is 0 Å². The van der Waals surface area contributed by atoms with Crippen LogP contribution in [0.2, 0.25) is 5.02 Å². The van der Waals surface area contributed by atoms with Gasteiger partial charge >= 0.3 is 0 Å². The molecule has 4 heteroatoms. The quantitative estimate of drug-likeness (QED) is 0.879. The average molecular weight is 291 g/mol. The SMILES string of the molecule is CCc1cc2c(s1)NCCN=C2c1ccccc1Cl. The van der Waals surface area contributed by atoms with Gasteiger partial charge in [0.2, 0.25) is 0 Å². The van der Waals surface area contributed by atoms with Gasteiger partial charge in [-0.05, 0) is 18.6 Å². The maximum absolute atomic E-state index is 6.32. The van der Waals surface area contributed by atoms with Gasteiger partial charge in [-0.1, -0.05) is 36.7 Å². The Balaban J connectivity index is 2.14. The molecule has 0 fully saturated rings. The maximum Gasteiger partial charge on any atom is 0.0981 e. The Morgan fingerprint density at radius 3 is 2.95 bits per heavy atom. The van der Waals surface area contributed by atoms with E-state index in [0.717, 1.165) is 35.8 Å². The zero-order chi connectivity index (χ0) is 13.2. The molecule has 0 unspecified atom stereocenters. The van der Waals surface area contributed by atoms with E-state index in [1.165, 1.54) is 15.4 Å². The molecule has 1 aromatic carbocycles. The van der Waals surface area contributed by atoms with E-state index in [1.54, 1.807) is 0 Å². The number of nitrogens with zero attached hydrogens (tertiary/aromatic N) is 1. The molecule has 2 nitrogen and oxygen atoms in total. The summed E-state index contributed by atoms with van der Waals surface area (Å²) >= 11 is 8.14. The highest BCUT2D eigenvalue weighted by atomic mass is 35.5. The van der Waals surface area contributed by atoms with E-state index < -0.39 is 0 Å². The van der Waals surface area contributed by atoms with Gasteiger partial charge in [-0.3, -0.25) is 4.99 Å². The summed E-state index contributed by atoms with van der Waals surface area (Å²) in [7, 11) is 0. The molecule has 98 valence electrons. The summed E-state index contributed by atoms with van der Waals surface area (Å²) in [5, 5.41) is 5.44. The summed E-state index contributed by atoms with van der Waals surface area (Å²) in [6.45, 7) is 3.84. The lowest BCUT2D eigenvalue weighted by atomic mass is 10.0. The number of nitrogens with one attached hydrogen (secondary N) is 1. The minimum absolute atomic E-state index is 0.762. The van der Waals surface area contributed by atoms with Crippen molar-refractivity contribution < 1.29 is 0 Å². The Morgan fingerprint density at radius 1 is 1.32 bits per heavy atom. The second-order valence-corrected chi connectivity index (χ2v) is 5.99. The van der Waals surface area contributed by atoms with Crippen molar-refractivity contribution in [2.24, 2.45) is 4.99 Å². The van der Waals surface area contributed by atoms with Gasteiger partial charge in [0.05, 0.1) is 17.3 Å². The van der Waals surface area contributed by atoms with Gasteiger partial charge < -0.3 is 5.32 Å². The Morgan fingerprint density at radius 2 is 2.16 bits per heavy atom. The van der Waals surface area contributed by atoms with E-state index in [1.807, 2.05) is 35.6 Å². The minimum Gasteiger partial charge on any atom is -0.375 e. The molecule has 0 radical (unpaired) electrons. The highest BCUT2D eigenvalue weighted by molar-refractivity contribution is 7.16. The van der Waals surface area contributed by atoms with Crippen LogP contribution < -0.4 is 5.32 Å². The normalized spacial score (nSPS) is 14.3. The molecule has 1 aliphatic rings. The predicted molar refractivity (Wildman–Crippen MR) is 84.1 cm³/mol. The van der Waals surface area contributed by atoms with Crippen molar-refractivity contribution in [1.82, 2.24) is 0 Å². The largest absolute Gasteiger partial charge is 0.375 e. The molecule has 0 amide bonds. The lowest BCUT2D eigenvalue weighted by molar-refractivity contribution is 1.04. The van der Waals surface area contributed by atoms with E-state index in [-0.39, 0.29) is 0 Å². The molecule has 2 heterocycles. The van der Waals surface area contributed by atoms with Crippen molar-refractivity contribution in [2.45, 2.75) is 13.3 Å². The number of thiophene rings is 1. The number of aryl methyl sites for hydroxylation is 1. The average Bonchev–Trinajstić information content (AvgIpc) is 2.74. The second kappa shape index (κ2) is 5.35. The van der Waals surface area contributed by atoms with Gasteiger partial charge in [-0.25, -0.2) is 0 Å². The van der Waals surface area contributed by atoms with Crippen LogP contribution in [0.15, 0.2) is 35.3 Å². The van der Waals surface area contributed by atoms with Crippen molar-refractivity contribution in [3.8, 4) is 0 Å². The topological polar surface area (TPSA) is 24.4 Å². The molecule has 1 aliphatic heterocycles. The second-order valence-electron chi connectivity index (χ2n) is 4.45. The molecule has 0 saturated heterocycles. The van der Waals surface area contributed by atoms with Crippen LogP contribution in [0.5, 0.6) is 0 Å². The molecular formula is C15H15ClN2S. The molecule has 0 saturated carbocycles. The van der Waals surface area contributed by atoms with E-state index in [2.05, 4.69) is 18.3 Å². The standard InChI is InChI=1S/C15H15ClN2S/c1-2-10-9-12-14(11-5-3-4-6-13(11)16)17-7-8-18-15(12)19-10/h3-6,9,18H,2,7-8H2,1H3. The van der Waals surface area contributed by atoms with Crippen LogP contribution in [0.3, 0.4) is 0 Å². The first-order valence-electron chi connectivity index (χ1n) is 6.46. The molecule has 1 aromatic heterocycles. The molecule has 3 rings (SSSR count). The molecule has 1 N–H and O–H groups in total. The van der Waals surface area contributed by atoms with Crippen LogP contribution in [0.1, 0.15) is 22.9 Å². The van der Waals surface area contributed by atoms with E-state index >= 15 is 0 Å². The van der Waals surface area contributed by atoms with Crippen molar-refractivity contribution in [3.05, 3.63) is 51.4 Å². The van der Waals surface area contributed by atoms with Crippen LogP contribution in [-0.2, 0) is 6.42 Å². The first-order chi connectivity index (χ1) is 9.29. The summed E-state index contributed by atoms with van der Waals surface area (Å²) in [6.07, 6.45) is 1.05. The highest BCUT2D eigenvalue weighted by Gasteiger charge is 2.19.